The van der Waals surface area contributed by atoms with E-state index in [1.807, 2.05) is 19.9 Å². The molecule has 0 N–H and O–H groups in total. The third-order valence-electron chi connectivity index (χ3n) is 2.82. The zero-order chi connectivity index (χ0) is 12.4. The second-order valence-corrected chi connectivity index (χ2v) is 4.43. The molecule has 0 spiro atoms. The molecule has 2 rings (SSSR count). The van der Waals surface area contributed by atoms with Crippen LogP contribution < -0.4 is 4.74 Å². The predicted molar refractivity (Wildman–Crippen MR) is 62.8 cm³/mol. The van der Waals surface area contributed by atoms with Gasteiger partial charge in [-0.25, -0.2) is 9.97 Å². The first-order valence-electron chi connectivity index (χ1n) is 5.79. The number of ether oxygens (including phenoxy) is 1. The highest BCUT2D eigenvalue weighted by Crippen LogP contribution is 2.15. The summed E-state index contributed by atoms with van der Waals surface area (Å²) in [6.07, 6.45) is 0.857. The molecule has 0 aliphatic carbocycles. The van der Waals surface area contributed by atoms with E-state index in [0.29, 0.717) is 12.6 Å². The maximum Gasteiger partial charge on any atom is 0.317 e. The molecule has 1 fully saturated rings. The fourth-order valence-corrected chi connectivity index (χ4v) is 2.01. The molecule has 0 aromatic carbocycles. The van der Waals surface area contributed by atoms with Crippen LogP contribution in [0.1, 0.15) is 24.7 Å². The predicted octanol–water partition coefficient (Wildman–Crippen LogP) is 1.09. The number of nitrogens with zero attached hydrogens (tertiary/aromatic N) is 3. The number of amides is 1. The van der Waals surface area contributed by atoms with Gasteiger partial charge in [-0.3, -0.25) is 4.79 Å². The lowest BCUT2D eigenvalue weighted by atomic mass is 10.3. The van der Waals surface area contributed by atoms with E-state index in [9.17, 15) is 4.79 Å². The number of hydrogen-bond donors (Lipinski definition) is 0. The average molecular weight is 235 g/mol. The first-order valence-corrected chi connectivity index (χ1v) is 5.79. The van der Waals surface area contributed by atoms with Crippen LogP contribution in [0.3, 0.4) is 0 Å². The zero-order valence-corrected chi connectivity index (χ0v) is 10.4. The molecule has 1 saturated heterocycles. The number of hydrogen-bond acceptors (Lipinski definition) is 4. The van der Waals surface area contributed by atoms with Gasteiger partial charge in [-0.05, 0) is 19.9 Å². The van der Waals surface area contributed by atoms with Gasteiger partial charge in [0.05, 0.1) is 6.54 Å². The van der Waals surface area contributed by atoms with Crippen LogP contribution in [0.4, 0.5) is 0 Å². The molecule has 1 amide bonds. The van der Waals surface area contributed by atoms with E-state index in [2.05, 4.69) is 9.97 Å². The highest BCUT2D eigenvalue weighted by Gasteiger charge is 2.26. The molecule has 92 valence electrons. The van der Waals surface area contributed by atoms with E-state index in [1.54, 1.807) is 11.8 Å². The van der Waals surface area contributed by atoms with Crippen molar-refractivity contribution in [2.45, 2.75) is 33.3 Å². The molecule has 0 radical (unpaired) electrons. The zero-order valence-electron chi connectivity index (χ0n) is 10.4. The minimum Gasteiger partial charge on any atom is -0.458 e. The normalized spacial score (nSPS) is 19.5. The number of carbonyl (C=O) groups is 1. The number of carbonyl (C=O) groups excluding carboxylic acids is 1. The molecule has 1 unspecified atom stereocenters. The summed E-state index contributed by atoms with van der Waals surface area (Å²) in [5.74, 6) is 0.0949. The van der Waals surface area contributed by atoms with E-state index >= 15 is 0 Å². The summed E-state index contributed by atoms with van der Waals surface area (Å²) >= 11 is 0. The SMILES string of the molecule is CC(=O)N1CCC(Oc2nc(C)cc(C)n2)C1. The lowest BCUT2D eigenvalue weighted by molar-refractivity contribution is -0.128. The van der Waals surface area contributed by atoms with E-state index in [0.717, 1.165) is 24.4 Å². The maximum absolute atomic E-state index is 11.2. The van der Waals surface area contributed by atoms with Gasteiger partial charge >= 0.3 is 6.01 Å². The largest absolute Gasteiger partial charge is 0.458 e. The van der Waals surface area contributed by atoms with Gasteiger partial charge in [-0.1, -0.05) is 0 Å². The monoisotopic (exact) mass is 235 g/mol. The van der Waals surface area contributed by atoms with Gasteiger partial charge in [0.15, 0.2) is 0 Å². The van der Waals surface area contributed by atoms with Crippen molar-refractivity contribution in [1.29, 1.82) is 0 Å². The van der Waals surface area contributed by atoms with Gasteiger partial charge in [-0.2, -0.15) is 0 Å². The van der Waals surface area contributed by atoms with Crippen LogP contribution in [0.5, 0.6) is 6.01 Å². The fourth-order valence-electron chi connectivity index (χ4n) is 2.01. The first kappa shape index (κ1) is 11.8. The Balaban J connectivity index is 2.00. The Morgan fingerprint density at radius 2 is 2.06 bits per heavy atom. The number of rotatable bonds is 2. The van der Waals surface area contributed by atoms with Gasteiger partial charge in [0.1, 0.15) is 6.10 Å². The van der Waals surface area contributed by atoms with Gasteiger partial charge < -0.3 is 9.64 Å². The average Bonchev–Trinajstić information content (AvgIpc) is 2.64. The number of aromatic nitrogens is 2. The van der Waals surface area contributed by atoms with Crippen LogP contribution in [0, 0.1) is 13.8 Å². The summed E-state index contributed by atoms with van der Waals surface area (Å²) in [6, 6.07) is 2.32. The summed E-state index contributed by atoms with van der Waals surface area (Å²) in [5, 5.41) is 0. The Hall–Kier alpha value is -1.65. The Morgan fingerprint density at radius 1 is 1.41 bits per heavy atom. The summed E-state index contributed by atoms with van der Waals surface area (Å²) in [4.78, 5) is 21.4. The van der Waals surface area contributed by atoms with E-state index in [4.69, 9.17) is 4.74 Å². The van der Waals surface area contributed by atoms with Crippen LogP contribution in [0.25, 0.3) is 0 Å². The van der Waals surface area contributed by atoms with Crippen molar-refractivity contribution >= 4 is 5.91 Å². The van der Waals surface area contributed by atoms with Crippen molar-refractivity contribution < 1.29 is 9.53 Å². The molecular formula is C12H17N3O2. The summed E-state index contributed by atoms with van der Waals surface area (Å²) < 4.78 is 5.70. The second kappa shape index (κ2) is 4.69. The summed E-state index contributed by atoms with van der Waals surface area (Å²) in [7, 11) is 0. The van der Waals surface area contributed by atoms with Crippen LogP contribution in [-0.2, 0) is 4.79 Å². The van der Waals surface area contributed by atoms with E-state index in [-0.39, 0.29) is 12.0 Å². The van der Waals surface area contributed by atoms with Crippen LogP contribution in [0.2, 0.25) is 0 Å². The van der Waals surface area contributed by atoms with Crippen molar-refractivity contribution in [1.82, 2.24) is 14.9 Å². The lowest BCUT2D eigenvalue weighted by Crippen LogP contribution is -2.29. The molecule has 2 heterocycles. The summed E-state index contributed by atoms with van der Waals surface area (Å²) in [5.41, 5.74) is 1.79. The summed E-state index contributed by atoms with van der Waals surface area (Å²) in [6.45, 7) is 6.79. The van der Waals surface area contributed by atoms with Crippen molar-refractivity contribution in [3.63, 3.8) is 0 Å². The molecule has 1 atom stereocenters. The van der Waals surface area contributed by atoms with Crippen molar-refractivity contribution in [2.75, 3.05) is 13.1 Å². The molecule has 1 aromatic heterocycles. The third-order valence-corrected chi connectivity index (χ3v) is 2.82. The molecule has 1 aliphatic heterocycles. The molecule has 5 nitrogen and oxygen atoms in total. The van der Waals surface area contributed by atoms with Crippen LogP contribution in [0.15, 0.2) is 6.07 Å². The minimum atomic E-state index is 0.0140. The van der Waals surface area contributed by atoms with E-state index in [1.165, 1.54) is 0 Å². The standard InChI is InChI=1S/C12H17N3O2/c1-8-6-9(2)14-12(13-8)17-11-4-5-15(7-11)10(3)16/h6,11H,4-5,7H2,1-3H3. The van der Waals surface area contributed by atoms with Gasteiger partial charge in [0.25, 0.3) is 0 Å². The number of aryl methyl sites for hydroxylation is 2. The topological polar surface area (TPSA) is 55.3 Å². The minimum absolute atomic E-state index is 0.0140. The van der Waals surface area contributed by atoms with Crippen molar-refractivity contribution in [2.24, 2.45) is 0 Å². The molecule has 1 aliphatic rings. The third kappa shape index (κ3) is 2.93. The maximum atomic E-state index is 11.2. The van der Waals surface area contributed by atoms with Crippen LogP contribution >= 0.6 is 0 Å². The number of likely N-dealkylation sites (tertiary alicyclic amines) is 1. The van der Waals surface area contributed by atoms with Crippen LogP contribution in [-0.4, -0.2) is 40.0 Å². The second-order valence-electron chi connectivity index (χ2n) is 4.43. The Morgan fingerprint density at radius 3 is 2.59 bits per heavy atom. The molecule has 1 aromatic rings. The molecule has 5 heteroatoms. The van der Waals surface area contributed by atoms with Crippen molar-refractivity contribution in [3.8, 4) is 6.01 Å². The molecule has 0 bridgehead atoms. The van der Waals surface area contributed by atoms with Gasteiger partial charge in [0, 0.05) is 31.3 Å². The highest BCUT2D eigenvalue weighted by molar-refractivity contribution is 5.73. The van der Waals surface area contributed by atoms with E-state index < -0.39 is 0 Å². The molecule has 17 heavy (non-hydrogen) atoms. The van der Waals surface area contributed by atoms with Gasteiger partial charge in [0.2, 0.25) is 5.91 Å². The quantitative estimate of drug-likeness (QED) is 0.770. The molecule has 0 saturated carbocycles. The lowest BCUT2D eigenvalue weighted by Gasteiger charge is -2.14. The van der Waals surface area contributed by atoms with Gasteiger partial charge in [-0.15, -0.1) is 0 Å². The fraction of sp³-hybridized carbons (Fsp3) is 0.583. The smallest absolute Gasteiger partial charge is 0.317 e. The first-order chi connectivity index (χ1) is 8.04. The molecular weight excluding hydrogens is 218 g/mol. The Kier molecular flexibility index (Phi) is 3.26. The Labute approximate surface area is 101 Å². The Bertz CT molecular complexity index is 414. The van der Waals surface area contributed by atoms with Crippen molar-refractivity contribution in [3.05, 3.63) is 17.5 Å². The highest BCUT2D eigenvalue weighted by atomic mass is 16.5.